The van der Waals surface area contributed by atoms with Crippen LogP contribution in [0.1, 0.15) is 30.6 Å². The number of aliphatic carboxylic acids is 1. The number of anilines is 1. The predicted molar refractivity (Wildman–Crippen MR) is 124 cm³/mol. The van der Waals surface area contributed by atoms with E-state index in [0.29, 0.717) is 17.9 Å². The minimum atomic E-state index is -1.19. The maximum absolute atomic E-state index is 12.8. The molecule has 0 saturated carbocycles. The van der Waals surface area contributed by atoms with E-state index in [-0.39, 0.29) is 45.0 Å². The van der Waals surface area contributed by atoms with Crippen LogP contribution in [-0.4, -0.2) is 74.0 Å². The van der Waals surface area contributed by atoms with Crippen molar-refractivity contribution >= 4 is 52.8 Å². The lowest BCUT2D eigenvalue weighted by molar-refractivity contribution is -0.163. The highest BCUT2D eigenvalue weighted by Gasteiger charge is 2.60. The summed E-state index contributed by atoms with van der Waals surface area (Å²) in [6.45, 7) is 3.82. The number of amides is 2. The maximum atomic E-state index is 12.8. The lowest BCUT2D eigenvalue weighted by Crippen LogP contribution is -2.63. The number of carboxylic acids is 2. The smallest absolute Gasteiger partial charge is 0.353 e. The van der Waals surface area contributed by atoms with E-state index in [4.69, 9.17) is 16.7 Å². The molecule has 182 valence electrons. The fourth-order valence-electron chi connectivity index (χ4n) is 4.82. The van der Waals surface area contributed by atoms with Crippen LogP contribution in [0.4, 0.5) is 5.69 Å². The zero-order valence-electron chi connectivity index (χ0n) is 18.3. The second kappa shape index (κ2) is 9.21. The van der Waals surface area contributed by atoms with Gasteiger partial charge in [0.05, 0.1) is 40.4 Å². The van der Waals surface area contributed by atoms with Crippen LogP contribution >= 0.6 is 23.4 Å². The number of nitrogens with one attached hydrogen (secondary N) is 2. The molecule has 4 rings (SSSR count). The van der Waals surface area contributed by atoms with Crippen LogP contribution in [0.25, 0.3) is 0 Å². The number of β-lactam (4-membered cyclic amide) rings is 1. The number of thioether (sulfide) groups is 1. The number of aromatic carboxylic acids is 1. The van der Waals surface area contributed by atoms with Crippen molar-refractivity contribution in [3.63, 3.8) is 0 Å². The van der Waals surface area contributed by atoms with Gasteiger partial charge < -0.3 is 30.9 Å². The van der Waals surface area contributed by atoms with Crippen molar-refractivity contribution in [1.29, 1.82) is 0 Å². The first kappa shape index (κ1) is 24.5. The van der Waals surface area contributed by atoms with Crippen molar-refractivity contribution in [2.24, 2.45) is 11.8 Å². The Balaban J connectivity index is 1.45. The van der Waals surface area contributed by atoms with E-state index >= 15 is 0 Å². The van der Waals surface area contributed by atoms with Crippen LogP contribution in [0.15, 0.2) is 28.8 Å². The topological polar surface area (TPSA) is 156 Å². The average molecular weight is 510 g/mol. The van der Waals surface area contributed by atoms with Gasteiger partial charge >= 0.3 is 11.9 Å². The zero-order chi connectivity index (χ0) is 24.9. The van der Waals surface area contributed by atoms with E-state index in [0.717, 1.165) is 0 Å². The lowest BCUT2D eigenvalue weighted by Gasteiger charge is -2.46. The third kappa shape index (κ3) is 4.17. The summed E-state index contributed by atoms with van der Waals surface area (Å²) >= 11 is 7.43. The molecule has 0 radical (unpaired) electrons. The Morgan fingerprint density at radius 1 is 1.26 bits per heavy atom. The molecule has 2 saturated heterocycles. The van der Waals surface area contributed by atoms with Gasteiger partial charge in [-0.15, -0.1) is 11.8 Å². The average Bonchev–Trinajstić information content (AvgIpc) is 3.31. The van der Waals surface area contributed by atoms with E-state index in [9.17, 15) is 29.4 Å². The van der Waals surface area contributed by atoms with Gasteiger partial charge in [0.15, 0.2) is 0 Å². The van der Waals surface area contributed by atoms with Gasteiger partial charge in [-0.3, -0.25) is 9.59 Å². The number of benzene rings is 1. The summed E-state index contributed by atoms with van der Waals surface area (Å²) in [6, 6.07) is 3.05. The van der Waals surface area contributed by atoms with E-state index < -0.39 is 36.0 Å². The number of carbonyl (C=O) groups is 4. The van der Waals surface area contributed by atoms with Crippen molar-refractivity contribution in [2.75, 3.05) is 11.9 Å². The summed E-state index contributed by atoms with van der Waals surface area (Å²) in [5.74, 6) is -3.98. The molecular formula is C22H24ClN3O7S. The fourth-order valence-corrected chi connectivity index (χ4v) is 6.47. The highest BCUT2D eigenvalue weighted by Crippen LogP contribution is 2.51. The van der Waals surface area contributed by atoms with Crippen LogP contribution in [0.2, 0.25) is 5.02 Å². The first-order valence-corrected chi connectivity index (χ1v) is 12.0. The monoisotopic (exact) mass is 509 g/mol. The molecule has 6 unspecified atom stereocenters. The number of carboxylic acid groups (broad SMARTS) is 2. The van der Waals surface area contributed by atoms with Crippen molar-refractivity contribution in [2.45, 2.75) is 43.7 Å². The van der Waals surface area contributed by atoms with Crippen molar-refractivity contribution in [3.8, 4) is 0 Å². The third-order valence-corrected chi connectivity index (χ3v) is 8.32. The number of nitrogens with zero attached hydrogens (tertiary/aromatic N) is 1. The van der Waals surface area contributed by atoms with Crippen LogP contribution in [0.5, 0.6) is 0 Å². The van der Waals surface area contributed by atoms with Crippen LogP contribution in [0, 0.1) is 11.8 Å². The van der Waals surface area contributed by atoms with Crippen LogP contribution in [-0.2, 0) is 14.4 Å². The Hall–Kier alpha value is -2.60. The maximum Gasteiger partial charge on any atom is 0.353 e. The Labute approximate surface area is 204 Å². The van der Waals surface area contributed by atoms with E-state index in [2.05, 4.69) is 10.6 Å². The van der Waals surface area contributed by atoms with Crippen molar-refractivity contribution in [1.82, 2.24) is 10.2 Å². The second-order valence-electron chi connectivity index (χ2n) is 8.70. The molecule has 0 spiro atoms. The molecule has 10 nitrogen and oxygen atoms in total. The summed E-state index contributed by atoms with van der Waals surface area (Å²) < 4.78 is 0. The molecule has 3 aliphatic heterocycles. The molecule has 5 N–H and O–H groups in total. The molecule has 3 heterocycles. The molecule has 1 aromatic rings. The molecule has 2 amide bonds. The van der Waals surface area contributed by atoms with Gasteiger partial charge in [-0.2, -0.15) is 0 Å². The molecule has 6 atom stereocenters. The zero-order valence-corrected chi connectivity index (χ0v) is 19.9. The van der Waals surface area contributed by atoms with Gasteiger partial charge in [-0.1, -0.05) is 18.5 Å². The van der Waals surface area contributed by atoms with Crippen molar-refractivity contribution < 1.29 is 34.5 Å². The first-order chi connectivity index (χ1) is 16.0. The number of carbonyl (C=O) groups excluding carboxylic acids is 2. The summed E-state index contributed by atoms with van der Waals surface area (Å²) in [4.78, 5) is 50.2. The Morgan fingerprint density at radius 3 is 2.59 bits per heavy atom. The summed E-state index contributed by atoms with van der Waals surface area (Å²) in [6.07, 6.45) is -0.475. The van der Waals surface area contributed by atoms with Gasteiger partial charge in [-0.25, -0.2) is 9.59 Å². The largest absolute Gasteiger partial charge is 0.478 e. The molecule has 0 aliphatic carbocycles. The number of hydrogen-bond donors (Lipinski definition) is 5. The molecular weight excluding hydrogens is 486 g/mol. The van der Waals surface area contributed by atoms with E-state index in [1.807, 2.05) is 6.92 Å². The summed E-state index contributed by atoms with van der Waals surface area (Å²) in [7, 11) is 0. The van der Waals surface area contributed by atoms with Gasteiger partial charge in [-0.05, 0) is 31.5 Å². The SMILES string of the molecule is CC(O)C1C(=O)N2C(C(=O)O)=C(SC3CNC(C(=O)Nc4cc(C(=O)O)ccc4Cl)C3)C(C)C12. The van der Waals surface area contributed by atoms with Gasteiger partial charge in [0.25, 0.3) is 0 Å². The normalized spacial score (nSPS) is 29.0. The summed E-state index contributed by atoms with van der Waals surface area (Å²) in [5, 5.41) is 34.7. The molecule has 34 heavy (non-hydrogen) atoms. The van der Waals surface area contributed by atoms with E-state index in [1.54, 1.807) is 0 Å². The number of aliphatic hydroxyl groups is 1. The summed E-state index contributed by atoms with van der Waals surface area (Å²) in [5.41, 5.74) is 0.136. The fraction of sp³-hybridized carbons (Fsp3) is 0.455. The Morgan fingerprint density at radius 2 is 1.97 bits per heavy atom. The van der Waals surface area contributed by atoms with Gasteiger partial charge in [0, 0.05) is 22.6 Å². The van der Waals surface area contributed by atoms with Crippen molar-refractivity contribution in [3.05, 3.63) is 39.4 Å². The molecule has 12 heteroatoms. The predicted octanol–water partition coefficient (Wildman–Crippen LogP) is 1.59. The highest BCUT2D eigenvalue weighted by molar-refractivity contribution is 8.03. The van der Waals surface area contributed by atoms with Gasteiger partial charge in [0.2, 0.25) is 11.8 Å². The number of rotatable bonds is 7. The quantitative estimate of drug-likeness (QED) is 0.344. The number of fused-ring (bicyclic) bond motifs is 1. The number of aliphatic hydroxyl groups excluding tert-OH is 1. The lowest BCUT2D eigenvalue weighted by atomic mass is 9.79. The molecule has 0 bridgehead atoms. The van der Waals surface area contributed by atoms with E-state index in [1.165, 1.54) is 41.8 Å². The standard InChI is InChI=1S/C22H24ClN3O7S/c1-8-16-15(9(2)27)20(29)26(16)17(22(32)33)18(8)34-11-6-14(24-7-11)19(28)25-13-5-10(21(30)31)3-4-12(13)23/h3-5,8-9,11,14-16,24,27H,6-7H2,1-2H3,(H,25,28)(H,30,31)(H,32,33). The van der Waals surface area contributed by atoms with Gasteiger partial charge in [0.1, 0.15) is 5.70 Å². The minimum absolute atomic E-state index is 0.00875. The highest BCUT2D eigenvalue weighted by atomic mass is 35.5. The number of halogens is 1. The number of hydrogen-bond acceptors (Lipinski definition) is 7. The minimum Gasteiger partial charge on any atom is -0.478 e. The second-order valence-corrected chi connectivity index (χ2v) is 10.4. The molecule has 2 fully saturated rings. The molecule has 3 aliphatic rings. The Bertz CT molecular complexity index is 1110. The third-order valence-electron chi connectivity index (χ3n) is 6.48. The molecule has 0 aromatic heterocycles. The van der Waals surface area contributed by atoms with Crippen LogP contribution < -0.4 is 10.6 Å². The van der Waals surface area contributed by atoms with Crippen LogP contribution in [0.3, 0.4) is 0 Å². The first-order valence-electron chi connectivity index (χ1n) is 10.7. The Kier molecular flexibility index (Phi) is 6.65. The molecule has 1 aromatic carbocycles.